The van der Waals surface area contributed by atoms with Crippen LogP contribution in [0.5, 0.6) is 11.5 Å². The Kier molecular flexibility index (Phi) is 6.74. The molecule has 3 rings (SSSR count). The summed E-state index contributed by atoms with van der Waals surface area (Å²) in [7, 11) is -3.42. The second kappa shape index (κ2) is 9.45. The number of carbonyl (C=O) groups is 1. The number of ether oxygens (including phenoxy) is 1. The first-order valence-electron chi connectivity index (χ1n) is 9.62. The number of para-hydroxylation sites is 1. The molecule has 156 valence electrons. The molecule has 0 aliphatic heterocycles. The Bertz CT molecular complexity index is 1130. The second-order valence-corrected chi connectivity index (χ2v) is 8.64. The molecule has 0 atom stereocenters. The van der Waals surface area contributed by atoms with Gasteiger partial charge in [0.1, 0.15) is 11.5 Å². The highest BCUT2D eigenvalue weighted by Gasteiger charge is 2.14. The molecule has 0 radical (unpaired) electrons. The van der Waals surface area contributed by atoms with E-state index >= 15 is 0 Å². The number of anilines is 2. The molecule has 0 unspecified atom stereocenters. The van der Waals surface area contributed by atoms with Gasteiger partial charge in [0.25, 0.3) is 5.91 Å². The first-order chi connectivity index (χ1) is 14.4. The zero-order valence-electron chi connectivity index (χ0n) is 16.9. The number of hydrogen-bond donors (Lipinski definition) is 2. The van der Waals surface area contributed by atoms with Gasteiger partial charge < -0.3 is 10.1 Å². The van der Waals surface area contributed by atoms with E-state index in [9.17, 15) is 13.2 Å². The van der Waals surface area contributed by atoms with Crippen LogP contribution in [0, 0.1) is 6.92 Å². The predicted octanol–water partition coefficient (Wildman–Crippen LogP) is 5.19. The fraction of sp³-hybridized carbons (Fsp3) is 0.174. The molecule has 3 aromatic rings. The van der Waals surface area contributed by atoms with Crippen molar-refractivity contribution < 1.29 is 17.9 Å². The van der Waals surface area contributed by atoms with Gasteiger partial charge in [-0.25, -0.2) is 8.42 Å². The zero-order valence-corrected chi connectivity index (χ0v) is 17.7. The Balaban J connectivity index is 1.76. The van der Waals surface area contributed by atoms with Crippen LogP contribution in [-0.4, -0.2) is 20.1 Å². The first-order valence-corrected chi connectivity index (χ1v) is 11.3. The van der Waals surface area contributed by atoms with Gasteiger partial charge in [0.05, 0.1) is 11.4 Å². The highest BCUT2D eigenvalue weighted by Crippen LogP contribution is 2.26. The van der Waals surface area contributed by atoms with E-state index in [1.165, 1.54) is 0 Å². The molecule has 1 amide bonds. The van der Waals surface area contributed by atoms with Gasteiger partial charge in [-0.2, -0.15) is 0 Å². The summed E-state index contributed by atoms with van der Waals surface area (Å²) < 4.78 is 32.5. The van der Waals surface area contributed by atoms with Gasteiger partial charge in [-0.1, -0.05) is 37.3 Å². The monoisotopic (exact) mass is 424 g/mol. The van der Waals surface area contributed by atoms with Crippen LogP contribution < -0.4 is 14.8 Å². The van der Waals surface area contributed by atoms with Crippen LogP contribution in [-0.2, 0) is 10.0 Å². The molecule has 2 N–H and O–H groups in total. The van der Waals surface area contributed by atoms with Crippen LogP contribution in [0.2, 0.25) is 0 Å². The quantitative estimate of drug-likeness (QED) is 0.521. The van der Waals surface area contributed by atoms with Crippen LogP contribution in [0.4, 0.5) is 11.4 Å². The van der Waals surface area contributed by atoms with Gasteiger partial charge >= 0.3 is 0 Å². The van der Waals surface area contributed by atoms with Crippen molar-refractivity contribution in [2.24, 2.45) is 0 Å². The van der Waals surface area contributed by atoms with E-state index < -0.39 is 10.0 Å². The Labute approximate surface area is 177 Å². The van der Waals surface area contributed by atoms with Gasteiger partial charge in [0, 0.05) is 11.3 Å². The minimum atomic E-state index is -3.42. The lowest BCUT2D eigenvalue weighted by atomic mass is 10.1. The summed E-state index contributed by atoms with van der Waals surface area (Å²) in [6.45, 7) is 3.56. The molecule has 0 aliphatic carbocycles. The van der Waals surface area contributed by atoms with Crippen molar-refractivity contribution in [3.05, 3.63) is 83.9 Å². The summed E-state index contributed by atoms with van der Waals surface area (Å²) in [6.07, 6.45) is 0.520. The Morgan fingerprint density at radius 3 is 2.30 bits per heavy atom. The third-order valence-corrected chi connectivity index (χ3v) is 5.87. The normalized spacial score (nSPS) is 11.0. The lowest BCUT2D eigenvalue weighted by Crippen LogP contribution is -2.18. The van der Waals surface area contributed by atoms with Crippen molar-refractivity contribution in [1.29, 1.82) is 0 Å². The maximum absolute atomic E-state index is 12.8. The van der Waals surface area contributed by atoms with E-state index in [1.54, 1.807) is 56.3 Å². The van der Waals surface area contributed by atoms with Crippen molar-refractivity contribution in [3.8, 4) is 11.5 Å². The summed E-state index contributed by atoms with van der Waals surface area (Å²) >= 11 is 0. The van der Waals surface area contributed by atoms with Crippen molar-refractivity contribution in [2.75, 3.05) is 15.8 Å². The van der Waals surface area contributed by atoms with Gasteiger partial charge in [-0.15, -0.1) is 0 Å². The van der Waals surface area contributed by atoms with E-state index in [4.69, 9.17) is 4.74 Å². The highest BCUT2D eigenvalue weighted by molar-refractivity contribution is 7.92. The van der Waals surface area contributed by atoms with Gasteiger partial charge in [0.15, 0.2) is 0 Å². The van der Waals surface area contributed by atoms with Crippen LogP contribution >= 0.6 is 0 Å². The SMILES string of the molecule is CCCS(=O)(=O)Nc1cccc(NC(=O)c2cccc(Oc3ccccc3)c2)c1C. The van der Waals surface area contributed by atoms with E-state index in [2.05, 4.69) is 10.0 Å². The number of carbonyl (C=O) groups excluding carboxylic acids is 1. The molecular formula is C23H24N2O4S. The summed E-state index contributed by atoms with van der Waals surface area (Å²) in [5, 5.41) is 2.85. The molecule has 0 fully saturated rings. The van der Waals surface area contributed by atoms with Crippen molar-refractivity contribution in [3.63, 3.8) is 0 Å². The van der Waals surface area contributed by atoms with Crippen LogP contribution in [0.3, 0.4) is 0 Å². The fourth-order valence-corrected chi connectivity index (χ4v) is 4.08. The Morgan fingerprint density at radius 2 is 1.57 bits per heavy atom. The highest BCUT2D eigenvalue weighted by atomic mass is 32.2. The predicted molar refractivity (Wildman–Crippen MR) is 120 cm³/mol. The number of hydrogen-bond acceptors (Lipinski definition) is 4. The van der Waals surface area contributed by atoms with Crippen molar-refractivity contribution in [2.45, 2.75) is 20.3 Å². The number of benzene rings is 3. The molecule has 0 bridgehead atoms. The minimum Gasteiger partial charge on any atom is -0.457 e. The zero-order chi connectivity index (χ0) is 21.6. The van der Waals surface area contributed by atoms with Crippen LogP contribution in [0.1, 0.15) is 29.3 Å². The van der Waals surface area contributed by atoms with Gasteiger partial charge in [-0.3, -0.25) is 9.52 Å². The molecule has 0 aromatic heterocycles. The maximum Gasteiger partial charge on any atom is 0.255 e. The third kappa shape index (κ3) is 5.61. The first kappa shape index (κ1) is 21.4. The van der Waals surface area contributed by atoms with E-state index in [0.717, 1.165) is 0 Å². The Hall–Kier alpha value is -3.32. The fourth-order valence-electron chi connectivity index (χ4n) is 2.89. The molecule has 7 heteroatoms. The van der Waals surface area contributed by atoms with Crippen molar-refractivity contribution >= 4 is 27.3 Å². The number of rotatable bonds is 8. The minimum absolute atomic E-state index is 0.0389. The average Bonchev–Trinajstić information content (AvgIpc) is 2.72. The molecule has 0 heterocycles. The smallest absolute Gasteiger partial charge is 0.255 e. The van der Waals surface area contributed by atoms with E-state index in [-0.39, 0.29) is 11.7 Å². The topological polar surface area (TPSA) is 84.5 Å². The molecule has 3 aromatic carbocycles. The summed E-state index contributed by atoms with van der Waals surface area (Å²) in [5.74, 6) is 0.951. The molecule has 30 heavy (non-hydrogen) atoms. The van der Waals surface area contributed by atoms with E-state index in [0.29, 0.717) is 40.4 Å². The van der Waals surface area contributed by atoms with Crippen LogP contribution in [0.25, 0.3) is 0 Å². The Morgan fingerprint density at radius 1 is 0.900 bits per heavy atom. The second-order valence-electron chi connectivity index (χ2n) is 6.80. The van der Waals surface area contributed by atoms with E-state index in [1.807, 2.05) is 30.3 Å². The molecule has 0 saturated carbocycles. The summed E-state index contributed by atoms with van der Waals surface area (Å²) in [4.78, 5) is 12.8. The lowest BCUT2D eigenvalue weighted by Gasteiger charge is -2.14. The average molecular weight is 425 g/mol. The lowest BCUT2D eigenvalue weighted by molar-refractivity contribution is 0.102. The molecular weight excluding hydrogens is 400 g/mol. The standard InChI is InChI=1S/C23H24N2O4S/c1-3-15-30(27,28)25-22-14-8-13-21(17(22)2)24-23(26)18-9-7-12-20(16-18)29-19-10-5-4-6-11-19/h4-14,16,25H,3,15H2,1-2H3,(H,24,26). The van der Waals surface area contributed by atoms with Gasteiger partial charge in [0.2, 0.25) is 10.0 Å². The molecule has 0 spiro atoms. The molecule has 0 saturated heterocycles. The van der Waals surface area contributed by atoms with Crippen molar-refractivity contribution in [1.82, 2.24) is 0 Å². The molecule has 6 nitrogen and oxygen atoms in total. The number of sulfonamides is 1. The largest absolute Gasteiger partial charge is 0.457 e. The van der Waals surface area contributed by atoms with Crippen LogP contribution in [0.15, 0.2) is 72.8 Å². The number of nitrogens with one attached hydrogen (secondary N) is 2. The summed E-state index contributed by atoms with van der Waals surface area (Å²) in [6, 6.07) is 21.3. The third-order valence-electron chi connectivity index (χ3n) is 4.40. The molecule has 0 aliphatic rings. The maximum atomic E-state index is 12.8. The number of amides is 1. The van der Waals surface area contributed by atoms with Gasteiger partial charge in [-0.05, 0) is 61.4 Å². The summed E-state index contributed by atoms with van der Waals surface area (Å²) in [5.41, 5.74) is 2.05.